The number of alkyl halides is 3. The Labute approximate surface area is 195 Å². The molecule has 0 atom stereocenters. The van der Waals surface area contributed by atoms with Gasteiger partial charge in [-0.25, -0.2) is 9.37 Å². The van der Waals surface area contributed by atoms with E-state index in [0.29, 0.717) is 30.2 Å². The third kappa shape index (κ3) is 5.41. The Morgan fingerprint density at radius 2 is 1.91 bits per heavy atom. The van der Waals surface area contributed by atoms with Crippen molar-refractivity contribution in [1.29, 1.82) is 0 Å². The molecule has 0 aliphatic carbocycles. The number of hydrogen-bond donors (Lipinski definition) is 0. The van der Waals surface area contributed by atoms with Gasteiger partial charge in [0.1, 0.15) is 29.7 Å². The Morgan fingerprint density at radius 1 is 1.18 bits per heavy atom. The fraction of sp³-hybridized carbons (Fsp3) is 0.240. The Bertz CT molecular complexity index is 1140. The minimum absolute atomic E-state index is 0.0351. The highest BCUT2D eigenvalue weighted by Gasteiger charge is 2.41. The quantitative estimate of drug-likeness (QED) is 0.350. The zero-order chi connectivity index (χ0) is 25.0. The zero-order valence-electron chi connectivity index (χ0n) is 19.0. The minimum Gasteiger partial charge on any atom is -0.495 e. The fourth-order valence-electron chi connectivity index (χ4n) is 3.48. The topological polar surface area (TPSA) is 37.8 Å². The van der Waals surface area contributed by atoms with E-state index in [9.17, 15) is 17.6 Å². The normalized spacial score (nSPS) is 14.2. The number of hydrogen-bond acceptors (Lipinski definition) is 5. The second kappa shape index (κ2) is 10.0. The molecule has 1 aliphatic rings. The third-order valence-electron chi connectivity index (χ3n) is 5.10. The number of halogens is 4. The summed E-state index contributed by atoms with van der Waals surface area (Å²) >= 11 is 0. The molecular formula is C25H25F4N3O2. The molecule has 34 heavy (non-hydrogen) atoms. The van der Waals surface area contributed by atoms with E-state index in [2.05, 4.69) is 24.7 Å². The Balaban J connectivity index is 1.89. The Kier molecular flexibility index (Phi) is 7.34. The maximum atomic E-state index is 14.8. The first kappa shape index (κ1) is 24.9. The van der Waals surface area contributed by atoms with Gasteiger partial charge < -0.3 is 14.4 Å². The number of aromatic nitrogens is 1. The summed E-state index contributed by atoms with van der Waals surface area (Å²) in [5.41, 5.74) is 0.476. The lowest BCUT2D eigenvalue weighted by Gasteiger charge is -2.39. The maximum Gasteiger partial charge on any atom is 0.431 e. The van der Waals surface area contributed by atoms with Crippen LogP contribution in [-0.4, -0.2) is 36.3 Å². The predicted molar refractivity (Wildman–Crippen MR) is 122 cm³/mol. The Morgan fingerprint density at radius 3 is 2.59 bits per heavy atom. The summed E-state index contributed by atoms with van der Waals surface area (Å²) in [6.45, 7) is 13.6. The zero-order valence-corrected chi connectivity index (χ0v) is 19.0. The number of nitrogens with zero attached hydrogens (tertiary/aromatic N) is 3. The monoisotopic (exact) mass is 475 g/mol. The fourth-order valence-corrected chi connectivity index (χ4v) is 3.48. The molecule has 2 aromatic rings. The molecule has 0 saturated carbocycles. The van der Waals surface area contributed by atoms with Gasteiger partial charge in [0, 0.05) is 30.9 Å². The van der Waals surface area contributed by atoms with Gasteiger partial charge in [-0.15, -0.1) is 0 Å². The van der Waals surface area contributed by atoms with E-state index in [1.165, 1.54) is 18.0 Å². The SMILES string of the molecule is C=C(COc1ncccc1Cc1ccc(F)c(N2C(=C)C=C(C(F)(F)F)N(C)C2=C)c1)OCC. The minimum atomic E-state index is -4.60. The molecule has 1 aromatic carbocycles. The van der Waals surface area contributed by atoms with Crippen molar-refractivity contribution < 1.29 is 27.0 Å². The van der Waals surface area contributed by atoms with Gasteiger partial charge in [-0.2, -0.15) is 13.2 Å². The van der Waals surface area contributed by atoms with Crippen molar-refractivity contribution in [3.63, 3.8) is 0 Å². The molecule has 9 heteroatoms. The summed E-state index contributed by atoms with van der Waals surface area (Å²) in [4.78, 5) is 6.36. The van der Waals surface area contributed by atoms with Gasteiger partial charge in [0.05, 0.1) is 12.3 Å². The predicted octanol–water partition coefficient (Wildman–Crippen LogP) is 5.92. The maximum absolute atomic E-state index is 14.8. The first-order valence-corrected chi connectivity index (χ1v) is 10.4. The van der Waals surface area contributed by atoms with Crippen LogP contribution in [0, 0.1) is 5.82 Å². The molecule has 0 amide bonds. The van der Waals surface area contributed by atoms with Crippen LogP contribution in [-0.2, 0) is 11.2 Å². The average Bonchev–Trinajstić information content (AvgIpc) is 2.77. The molecule has 0 spiro atoms. The molecule has 3 rings (SSSR count). The first-order chi connectivity index (χ1) is 16.0. The molecule has 1 aromatic heterocycles. The molecule has 0 fully saturated rings. The van der Waals surface area contributed by atoms with Gasteiger partial charge in [-0.3, -0.25) is 4.90 Å². The number of rotatable bonds is 8. The van der Waals surface area contributed by atoms with Crippen LogP contribution in [0.2, 0.25) is 0 Å². The largest absolute Gasteiger partial charge is 0.495 e. The molecule has 0 saturated heterocycles. The molecule has 0 radical (unpaired) electrons. The van der Waals surface area contributed by atoms with Crippen LogP contribution in [0.15, 0.2) is 85.3 Å². The summed E-state index contributed by atoms with van der Waals surface area (Å²) in [7, 11) is 1.22. The van der Waals surface area contributed by atoms with Crippen LogP contribution in [0.5, 0.6) is 5.88 Å². The van der Waals surface area contributed by atoms with Gasteiger partial charge in [0.15, 0.2) is 0 Å². The van der Waals surface area contributed by atoms with E-state index in [-0.39, 0.29) is 23.8 Å². The Hall–Kier alpha value is -3.75. The lowest BCUT2D eigenvalue weighted by atomic mass is 10.0. The number of anilines is 1. The van der Waals surface area contributed by atoms with Gasteiger partial charge in [0.25, 0.3) is 0 Å². The highest BCUT2D eigenvalue weighted by Crippen LogP contribution is 2.39. The lowest BCUT2D eigenvalue weighted by molar-refractivity contribution is -0.107. The number of ether oxygens (including phenoxy) is 2. The van der Waals surface area contributed by atoms with E-state index >= 15 is 0 Å². The lowest BCUT2D eigenvalue weighted by Crippen LogP contribution is -2.40. The second-order valence-electron chi connectivity index (χ2n) is 7.52. The van der Waals surface area contributed by atoms with Crippen molar-refractivity contribution in [2.24, 2.45) is 0 Å². The summed E-state index contributed by atoms with van der Waals surface area (Å²) in [6.07, 6.45) is -1.82. The standard InChI is InChI=1S/C25H25F4N3O2/c1-6-33-17(3)15-34-24-20(8-7-11-30-24)13-19-9-10-21(26)22(14-19)32-16(2)12-23(25(27,28)29)31(5)18(32)4/h7-12,14H,2-4,6,13,15H2,1,5H3. The molecule has 0 N–H and O–H groups in total. The van der Waals surface area contributed by atoms with Crippen molar-refractivity contribution in [2.75, 3.05) is 25.2 Å². The number of pyridine rings is 1. The van der Waals surface area contributed by atoms with Gasteiger partial charge in [0.2, 0.25) is 5.88 Å². The van der Waals surface area contributed by atoms with Gasteiger partial charge in [-0.1, -0.05) is 31.9 Å². The van der Waals surface area contributed by atoms with E-state index in [1.807, 2.05) is 13.0 Å². The summed E-state index contributed by atoms with van der Waals surface area (Å²) in [5, 5.41) is 0. The summed E-state index contributed by atoms with van der Waals surface area (Å²) in [6, 6.07) is 7.95. The van der Waals surface area contributed by atoms with E-state index < -0.39 is 17.7 Å². The van der Waals surface area contributed by atoms with Crippen LogP contribution in [0.25, 0.3) is 0 Å². The van der Waals surface area contributed by atoms with E-state index in [0.717, 1.165) is 16.5 Å². The highest BCUT2D eigenvalue weighted by molar-refractivity contribution is 5.64. The van der Waals surface area contributed by atoms with Crippen LogP contribution in [0.1, 0.15) is 18.1 Å². The third-order valence-corrected chi connectivity index (χ3v) is 5.10. The van der Waals surface area contributed by atoms with E-state index in [4.69, 9.17) is 9.47 Å². The molecule has 5 nitrogen and oxygen atoms in total. The van der Waals surface area contributed by atoms with Crippen molar-refractivity contribution in [3.05, 3.63) is 102 Å². The first-order valence-electron chi connectivity index (χ1n) is 10.4. The van der Waals surface area contributed by atoms with E-state index in [1.54, 1.807) is 24.4 Å². The molecule has 180 valence electrons. The van der Waals surface area contributed by atoms with Crippen molar-refractivity contribution in [1.82, 2.24) is 9.88 Å². The van der Waals surface area contributed by atoms with Crippen molar-refractivity contribution in [2.45, 2.75) is 19.5 Å². The highest BCUT2D eigenvalue weighted by atomic mass is 19.4. The van der Waals surface area contributed by atoms with Crippen molar-refractivity contribution >= 4 is 5.69 Å². The van der Waals surface area contributed by atoms with Crippen LogP contribution >= 0.6 is 0 Å². The van der Waals surface area contributed by atoms with Gasteiger partial charge >= 0.3 is 6.18 Å². The second-order valence-corrected chi connectivity index (χ2v) is 7.52. The molecule has 0 unspecified atom stereocenters. The summed E-state index contributed by atoms with van der Waals surface area (Å²) < 4.78 is 65.8. The molecule has 0 bridgehead atoms. The van der Waals surface area contributed by atoms with Gasteiger partial charge in [-0.05, 0) is 36.8 Å². The number of benzene rings is 1. The molecule has 2 heterocycles. The van der Waals surface area contributed by atoms with Crippen LogP contribution < -0.4 is 9.64 Å². The van der Waals surface area contributed by atoms with Crippen LogP contribution in [0.3, 0.4) is 0 Å². The smallest absolute Gasteiger partial charge is 0.431 e. The summed E-state index contributed by atoms with van der Waals surface area (Å²) in [5.74, 6) is 0.133. The molecule has 1 aliphatic heterocycles. The number of allylic oxidation sites excluding steroid dienone is 2. The molecular weight excluding hydrogens is 450 g/mol. The van der Waals surface area contributed by atoms with Crippen LogP contribution in [0.4, 0.5) is 23.2 Å². The average molecular weight is 475 g/mol. The van der Waals surface area contributed by atoms with Crippen molar-refractivity contribution in [3.8, 4) is 5.88 Å².